The molecule has 5 heteroatoms. The van der Waals surface area contributed by atoms with Crippen molar-refractivity contribution in [2.45, 2.75) is 39.3 Å². The first-order valence-electron chi connectivity index (χ1n) is 10.9. The molecule has 0 bridgehead atoms. The number of aryl methyl sites for hydroxylation is 1. The zero-order valence-electron chi connectivity index (χ0n) is 18.6. The molecule has 2 amide bonds. The van der Waals surface area contributed by atoms with Gasteiger partial charge < -0.3 is 10.2 Å². The number of hydrogen-bond acceptors (Lipinski definition) is 2. The van der Waals surface area contributed by atoms with Crippen LogP contribution in [-0.4, -0.2) is 29.3 Å². The summed E-state index contributed by atoms with van der Waals surface area (Å²) in [5.74, 6) is -0.851. The first kappa shape index (κ1) is 23.2. The number of hydrogen-bond donors (Lipinski definition) is 1. The molecule has 0 unspecified atom stereocenters. The van der Waals surface area contributed by atoms with E-state index < -0.39 is 11.9 Å². The van der Waals surface area contributed by atoms with E-state index in [1.165, 1.54) is 11.0 Å². The van der Waals surface area contributed by atoms with E-state index in [1.807, 2.05) is 68.4 Å². The van der Waals surface area contributed by atoms with E-state index in [-0.39, 0.29) is 24.8 Å². The van der Waals surface area contributed by atoms with E-state index >= 15 is 0 Å². The third-order valence-electron chi connectivity index (χ3n) is 5.52. The van der Waals surface area contributed by atoms with Gasteiger partial charge in [0.1, 0.15) is 11.9 Å². The van der Waals surface area contributed by atoms with E-state index in [9.17, 15) is 14.0 Å². The average molecular weight is 433 g/mol. The van der Waals surface area contributed by atoms with Gasteiger partial charge in [-0.15, -0.1) is 0 Å². The maximum atomic E-state index is 14.5. The second kappa shape index (κ2) is 11.2. The summed E-state index contributed by atoms with van der Waals surface area (Å²) >= 11 is 0. The quantitative estimate of drug-likeness (QED) is 0.543. The van der Waals surface area contributed by atoms with Gasteiger partial charge in [0.05, 0.1) is 6.42 Å². The van der Waals surface area contributed by atoms with Gasteiger partial charge in [0.25, 0.3) is 0 Å². The fourth-order valence-corrected chi connectivity index (χ4v) is 3.73. The molecule has 0 aliphatic carbocycles. The third kappa shape index (κ3) is 6.03. The van der Waals surface area contributed by atoms with Crippen molar-refractivity contribution in [2.24, 2.45) is 0 Å². The minimum absolute atomic E-state index is 0.0199. The molecule has 1 atom stereocenters. The van der Waals surface area contributed by atoms with Crippen LogP contribution < -0.4 is 5.32 Å². The van der Waals surface area contributed by atoms with Crippen molar-refractivity contribution < 1.29 is 14.0 Å². The molecule has 0 saturated heterocycles. The second-order valence-electron chi connectivity index (χ2n) is 7.82. The van der Waals surface area contributed by atoms with Crippen LogP contribution >= 0.6 is 0 Å². The number of nitrogens with one attached hydrogen (secondary N) is 1. The fraction of sp³-hybridized carbons (Fsp3) is 0.259. The van der Waals surface area contributed by atoms with Crippen molar-refractivity contribution in [2.75, 3.05) is 6.54 Å². The van der Waals surface area contributed by atoms with Gasteiger partial charge in [0, 0.05) is 25.1 Å². The minimum atomic E-state index is -0.756. The molecule has 1 N–H and O–H groups in total. The Morgan fingerprint density at radius 1 is 0.906 bits per heavy atom. The molecule has 4 nitrogen and oxygen atoms in total. The Balaban J connectivity index is 1.98. The number of carbonyl (C=O) groups is 2. The molecule has 0 radical (unpaired) electrons. The highest BCUT2D eigenvalue weighted by Crippen LogP contribution is 2.19. The molecular weight excluding hydrogens is 403 g/mol. The SMILES string of the molecule is CCNC(=O)[C@H](Cc1ccccc1)N(Cc1ccccc1F)C(=O)Cc1ccccc1C. The topological polar surface area (TPSA) is 49.4 Å². The standard InChI is InChI=1S/C27H29FN2O2/c1-3-29-27(32)25(17-21-12-5-4-6-13-21)30(19-23-15-9-10-16-24(23)28)26(31)18-22-14-8-7-11-20(22)2/h4-16,25H,3,17-19H2,1-2H3,(H,29,32)/t25-/m0/s1. The smallest absolute Gasteiger partial charge is 0.243 e. The molecule has 0 aliphatic heterocycles. The lowest BCUT2D eigenvalue weighted by Crippen LogP contribution is -2.51. The summed E-state index contributed by atoms with van der Waals surface area (Å²) < 4.78 is 14.5. The highest BCUT2D eigenvalue weighted by Gasteiger charge is 2.30. The first-order valence-corrected chi connectivity index (χ1v) is 10.9. The van der Waals surface area contributed by atoms with E-state index in [4.69, 9.17) is 0 Å². The summed E-state index contributed by atoms with van der Waals surface area (Å²) in [6.45, 7) is 4.26. The predicted molar refractivity (Wildman–Crippen MR) is 124 cm³/mol. The molecule has 3 aromatic rings. The summed E-state index contributed by atoms with van der Waals surface area (Å²) in [5, 5.41) is 2.85. The minimum Gasteiger partial charge on any atom is -0.355 e. The van der Waals surface area contributed by atoms with Crippen molar-refractivity contribution in [1.82, 2.24) is 10.2 Å². The van der Waals surface area contributed by atoms with Gasteiger partial charge in [0.2, 0.25) is 11.8 Å². The zero-order valence-corrected chi connectivity index (χ0v) is 18.6. The Hall–Kier alpha value is -3.47. The van der Waals surface area contributed by atoms with Crippen LogP contribution in [0, 0.1) is 12.7 Å². The highest BCUT2D eigenvalue weighted by atomic mass is 19.1. The van der Waals surface area contributed by atoms with Crippen LogP contribution in [0.2, 0.25) is 0 Å². The normalized spacial score (nSPS) is 11.6. The summed E-state index contributed by atoms with van der Waals surface area (Å²) in [6, 6.07) is 22.9. The van der Waals surface area contributed by atoms with E-state index in [1.54, 1.807) is 18.2 Å². The number of amides is 2. The molecule has 166 valence electrons. The number of carbonyl (C=O) groups excluding carboxylic acids is 2. The number of benzene rings is 3. The molecule has 0 fully saturated rings. The summed E-state index contributed by atoms with van der Waals surface area (Å²) in [6.07, 6.45) is 0.493. The van der Waals surface area contributed by atoms with Crippen molar-refractivity contribution >= 4 is 11.8 Å². The van der Waals surface area contributed by atoms with Crippen molar-refractivity contribution in [3.63, 3.8) is 0 Å². The predicted octanol–water partition coefficient (Wildman–Crippen LogP) is 4.45. The van der Waals surface area contributed by atoms with Gasteiger partial charge in [-0.05, 0) is 36.6 Å². The molecule has 3 aromatic carbocycles. The maximum absolute atomic E-state index is 14.5. The Morgan fingerprint density at radius 2 is 1.53 bits per heavy atom. The summed E-state index contributed by atoms with van der Waals surface area (Å²) in [7, 11) is 0. The van der Waals surface area contributed by atoms with Crippen molar-refractivity contribution in [3.8, 4) is 0 Å². The largest absolute Gasteiger partial charge is 0.355 e. The van der Waals surface area contributed by atoms with Crippen molar-refractivity contribution in [3.05, 3.63) is 107 Å². The number of nitrogens with zero attached hydrogens (tertiary/aromatic N) is 1. The van der Waals surface area contributed by atoms with Gasteiger partial charge in [-0.25, -0.2) is 4.39 Å². The fourth-order valence-electron chi connectivity index (χ4n) is 3.73. The van der Waals surface area contributed by atoms with Crippen LogP contribution in [0.4, 0.5) is 4.39 Å². The second-order valence-corrected chi connectivity index (χ2v) is 7.82. The van der Waals surface area contributed by atoms with Crippen LogP contribution in [0.3, 0.4) is 0 Å². The number of halogens is 1. The Kier molecular flexibility index (Phi) is 8.14. The Morgan fingerprint density at radius 3 is 2.19 bits per heavy atom. The monoisotopic (exact) mass is 432 g/mol. The van der Waals surface area contributed by atoms with Crippen LogP contribution in [0.15, 0.2) is 78.9 Å². The molecule has 0 heterocycles. The number of rotatable bonds is 9. The zero-order chi connectivity index (χ0) is 22.9. The van der Waals surface area contributed by atoms with Crippen LogP contribution in [-0.2, 0) is 29.0 Å². The highest BCUT2D eigenvalue weighted by molar-refractivity contribution is 5.88. The molecule has 32 heavy (non-hydrogen) atoms. The van der Waals surface area contributed by atoms with Gasteiger partial charge in [-0.2, -0.15) is 0 Å². The molecule has 0 spiro atoms. The lowest BCUT2D eigenvalue weighted by Gasteiger charge is -2.32. The molecule has 0 aromatic heterocycles. The molecule has 3 rings (SSSR count). The van der Waals surface area contributed by atoms with Gasteiger partial charge in [0.15, 0.2) is 0 Å². The Bertz CT molecular complexity index is 1050. The summed E-state index contributed by atoms with van der Waals surface area (Å²) in [4.78, 5) is 28.2. The van der Waals surface area contributed by atoms with Crippen molar-refractivity contribution in [1.29, 1.82) is 0 Å². The molecule has 0 saturated carbocycles. The van der Waals surface area contributed by atoms with Gasteiger partial charge in [-0.1, -0.05) is 72.8 Å². The lowest BCUT2D eigenvalue weighted by molar-refractivity contribution is -0.140. The molecule has 0 aliphatic rings. The van der Waals surface area contributed by atoms with E-state index in [2.05, 4.69) is 5.32 Å². The molecular formula is C27H29FN2O2. The van der Waals surface area contributed by atoms with Gasteiger partial charge in [-0.3, -0.25) is 9.59 Å². The Labute approximate surface area is 189 Å². The maximum Gasteiger partial charge on any atom is 0.243 e. The van der Waals surface area contributed by atoms with Crippen LogP contribution in [0.1, 0.15) is 29.2 Å². The number of likely N-dealkylation sites (N-methyl/N-ethyl adjacent to an activating group) is 1. The van der Waals surface area contributed by atoms with Crippen LogP contribution in [0.5, 0.6) is 0 Å². The first-order chi connectivity index (χ1) is 15.5. The average Bonchev–Trinajstić information content (AvgIpc) is 2.79. The summed E-state index contributed by atoms with van der Waals surface area (Å²) in [5.41, 5.74) is 3.22. The van der Waals surface area contributed by atoms with E-state index in [0.29, 0.717) is 18.5 Å². The third-order valence-corrected chi connectivity index (χ3v) is 5.52. The van der Waals surface area contributed by atoms with Crippen LogP contribution in [0.25, 0.3) is 0 Å². The van der Waals surface area contributed by atoms with Gasteiger partial charge >= 0.3 is 0 Å². The van der Waals surface area contributed by atoms with E-state index in [0.717, 1.165) is 16.7 Å². The lowest BCUT2D eigenvalue weighted by atomic mass is 10.00.